The Kier molecular flexibility index (Phi) is 15.5. The zero-order valence-corrected chi connectivity index (χ0v) is 11.3. The van der Waals surface area contributed by atoms with Gasteiger partial charge in [-0.2, -0.15) is 0 Å². The molecule has 1 aromatic rings. The summed E-state index contributed by atoms with van der Waals surface area (Å²) in [5.41, 5.74) is 1.32. The van der Waals surface area contributed by atoms with Gasteiger partial charge >= 0.3 is 5.97 Å². The van der Waals surface area contributed by atoms with Crippen molar-refractivity contribution in [2.24, 2.45) is 0 Å². The van der Waals surface area contributed by atoms with Crippen molar-refractivity contribution in [1.29, 1.82) is 0 Å². The molecule has 0 amide bonds. The minimum atomic E-state index is -0.193. The molecular weight excluding hydrogens is 216 g/mol. The number of benzene rings is 1. The number of aliphatic hydroxyl groups excluding tert-OH is 1. The maximum atomic E-state index is 9.98. The third kappa shape index (κ3) is 20.7. The lowest BCUT2D eigenvalue weighted by molar-refractivity contribution is -0.140. The monoisotopic (exact) mass is 240 g/mol. The van der Waals surface area contributed by atoms with Crippen molar-refractivity contribution in [3.63, 3.8) is 0 Å². The number of rotatable bonds is 2. The highest BCUT2D eigenvalue weighted by Crippen LogP contribution is 1.92. The van der Waals surface area contributed by atoms with Gasteiger partial charge in [-0.1, -0.05) is 42.8 Å². The van der Waals surface area contributed by atoms with Crippen molar-refractivity contribution < 1.29 is 14.6 Å². The van der Waals surface area contributed by atoms with Crippen LogP contribution in [-0.4, -0.2) is 24.3 Å². The molecule has 0 aromatic heterocycles. The van der Waals surface area contributed by atoms with Crippen molar-refractivity contribution in [1.82, 2.24) is 0 Å². The topological polar surface area (TPSA) is 46.5 Å². The molecule has 0 aliphatic rings. The first-order chi connectivity index (χ1) is 8.08. The van der Waals surface area contributed by atoms with E-state index in [1.165, 1.54) is 12.5 Å². The second-order valence-corrected chi connectivity index (χ2v) is 3.31. The number of hydrogen-bond acceptors (Lipinski definition) is 3. The molecule has 1 N–H and O–H groups in total. The molecule has 1 rings (SSSR count). The summed E-state index contributed by atoms with van der Waals surface area (Å²) in [5, 5.41) is 7.57. The van der Waals surface area contributed by atoms with Crippen molar-refractivity contribution in [3.05, 3.63) is 35.9 Å². The van der Waals surface area contributed by atoms with Gasteiger partial charge in [0.15, 0.2) is 0 Å². The molecule has 0 atom stereocenters. The average Bonchev–Trinajstić information content (AvgIpc) is 2.29. The van der Waals surface area contributed by atoms with Crippen LogP contribution in [0.15, 0.2) is 30.3 Å². The van der Waals surface area contributed by atoms with Gasteiger partial charge in [0.25, 0.3) is 0 Å². The summed E-state index contributed by atoms with van der Waals surface area (Å²) >= 11 is 0. The van der Waals surface area contributed by atoms with Crippen LogP contribution in [0.25, 0.3) is 0 Å². The zero-order valence-electron chi connectivity index (χ0n) is 11.3. The molecule has 3 nitrogen and oxygen atoms in total. The third-order valence-corrected chi connectivity index (χ3v) is 1.45. The second-order valence-electron chi connectivity index (χ2n) is 3.31. The molecule has 0 bridgehead atoms. The highest BCUT2D eigenvalue weighted by Gasteiger charge is 1.85. The van der Waals surface area contributed by atoms with Gasteiger partial charge in [-0.15, -0.1) is 0 Å². The number of ether oxygens (including phenoxy) is 1. The van der Waals surface area contributed by atoms with E-state index in [-0.39, 0.29) is 12.6 Å². The Bertz CT molecular complexity index is 257. The summed E-state index contributed by atoms with van der Waals surface area (Å²) in [4.78, 5) is 9.98. The van der Waals surface area contributed by atoms with Crippen LogP contribution in [0.2, 0.25) is 0 Å². The van der Waals surface area contributed by atoms with Gasteiger partial charge in [0.2, 0.25) is 0 Å². The number of aryl methyl sites for hydroxylation is 1. The summed E-state index contributed by atoms with van der Waals surface area (Å²) in [6, 6.07) is 10.3. The Hall–Kier alpha value is -1.35. The molecule has 0 aliphatic carbocycles. The van der Waals surface area contributed by atoms with Crippen LogP contribution in [0.4, 0.5) is 0 Å². The van der Waals surface area contributed by atoms with Crippen molar-refractivity contribution in [2.75, 3.05) is 13.2 Å². The largest absolute Gasteiger partial charge is 0.466 e. The lowest BCUT2D eigenvalue weighted by Crippen LogP contribution is -1.98. The Morgan fingerprint density at radius 3 is 1.88 bits per heavy atom. The molecule has 1 aromatic carbocycles. The normalized spacial score (nSPS) is 8.06. The predicted octanol–water partition coefficient (Wildman–Crippen LogP) is 2.95. The minimum absolute atomic E-state index is 0.193. The van der Waals surface area contributed by atoms with Crippen LogP contribution in [0.3, 0.4) is 0 Å². The summed E-state index contributed by atoms with van der Waals surface area (Å²) in [5.74, 6) is -0.193. The van der Waals surface area contributed by atoms with E-state index in [2.05, 4.69) is 23.8 Å². The third-order valence-electron chi connectivity index (χ3n) is 1.45. The fourth-order valence-electron chi connectivity index (χ4n) is 0.780. The molecular formula is C14H24O3. The van der Waals surface area contributed by atoms with Crippen LogP contribution in [0.1, 0.15) is 32.8 Å². The van der Waals surface area contributed by atoms with Gasteiger partial charge in [0.1, 0.15) is 0 Å². The van der Waals surface area contributed by atoms with Crippen LogP contribution in [-0.2, 0) is 9.53 Å². The first kappa shape index (κ1) is 18.0. The van der Waals surface area contributed by atoms with Gasteiger partial charge < -0.3 is 9.84 Å². The molecule has 98 valence electrons. The van der Waals surface area contributed by atoms with Crippen molar-refractivity contribution >= 4 is 5.97 Å². The molecule has 0 radical (unpaired) electrons. The molecule has 0 fully saturated rings. The fraction of sp³-hybridized carbons (Fsp3) is 0.500. The van der Waals surface area contributed by atoms with E-state index in [0.717, 1.165) is 6.42 Å². The highest BCUT2D eigenvalue weighted by molar-refractivity contribution is 5.65. The van der Waals surface area contributed by atoms with Gasteiger partial charge in [0.05, 0.1) is 6.61 Å². The van der Waals surface area contributed by atoms with Crippen LogP contribution < -0.4 is 0 Å². The fourth-order valence-corrected chi connectivity index (χ4v) is 0.780. The first-order valence-electron chi connectivity index (χ1n) is 5.84. The SMILES string of the molecule is CCCOC(C)=O.CCO.Cc1ccccc1. The van der Waals surface area contributed by atoms with Crippen LogP contribution in [0, 0.1) is 6.92 Å². The number of esters is 1. The number of hydrogen-bond donors (Lipinski definition) is 1. The second kappa shape index (κ2) is 14.6. The van der Waals surface area contributed by atoms with Gasteiger partial charge in [-0.05, 0) is 20.3 Å². The van der Waals surface area contributed by atoms with Crippen LogP contribution >= 0.6 is 0 Å². The lowest BCUT2D eigenvalue weighted by atomic mass is 10.2. The van der Waals surface area contributed by atoms with Crippen molar-refractivity contribution in [3.8, 4) is 0 Å². The maximum Gasteiger partial charge on any atom is 0.302 e. The molecule has 17 heavy (non-hydrogen) atoms. The van der Waals surface area contributed by atoms with E-state index in [1.807, 2.05) is 25.1 Å². The Labute approximate surface area is 104 Å². The zero-order chi connectivity index (χ0) is 13.5. The van der Waals surface area contributed by atoms with E-state index < -0.39 is 0 Å². The number of carbonyl (C=O) groups excluding carboxylic acids is 1. The Morgan fingerprint density at radius 1 is 1.24 bits per heavy atom. The van der Waals surface area contributed by atoms with Gasteiger partial charge in [-0.3, -0.25) is 4.79 Å². The summed E-state index contributed by atoms with van der Waals surface area (Å²) < 4.78 is 4.55. The smallest absolute Gasteiger partial charge is 0.302 e. The summed E-state index contributed by atoms with van der Waals surface area (Å²) in [6.45, 7) is 7.94. The lowest BCUT2D eigenvalue weighted by Gasteiger charge is -1.93. The molecule has 0 saturated heterocycles. The van der Waals surface area contributed by atoms with E-state index in [4.69, 9.17) is 5.11 Å². The molecule has 0 saturated carbocycles. The van der Waals surface area contributed by atoms with E-state index in [1.54, 1.807) is 6.92 Å². The first-order valence-corrected chi connectivity index (χ1v) is 5.84. The number of carbonyl (C=O) groups is 1. The van der Waals surface area contributed by atoms with Crippen molar-refractivity contribution in [2.45, 2.75) is 34.1 Å². The van der Waals surface area contributed by atoms with E-state index in [0.29, 0.717) is 6.61 Å². The molecule has 0 heterocycles. The molecule has 0 spiro atoms. The standard InChI is InChI=1S/C7H8.C5H10O2.C2H6O/c1-7-5-3-2-4-6-7;1-3-4-7-5(2)6;1-2-3/h2-6H,1H3;3-4H2,1-2H3;3H,2H2,1H3. The van der Waals surface area contributed by atoms with Gasteiger partial charge in [-0.25, -0.2) is 0 Å². The summed E-state index contributed by atoms with van der Waals surface area (Å²) in [6.07, 6.45) is 0.902. The highest BCUT2D eigenvalue weighted by atomic mass is 16.5. The summed E-state index contributed by atoms with van der Waals surface area (Å²) in [7, 11) is 0. The Balaban J connectivity index is 0. The molecule has 0 aliphatic heterocycles. The average molecular weight is 240 g/mol. The van der Waals surface area contributed by atoms with E-state index in [9.17, 15) is 4.79 Å². The predicted molar refractivity (Wildman–Crippen MR) is 70.9 cm³/mol. The van der Waals surface area contributed by atoms with Crippen LogP contribution in [0.5, 0.6) is 0 Å². The van der Waals surface area contributed by atoms with E-state index >= 15 is 0 Å². The van der Waals surface area contributed by atoms with Gasteiger partial charge in [0, 0.05) is 13.5 Å². The Morgan fingerprint density at radius 2 is 1.71 bits per heavy atom. The minimum Gasteiger partial charge on any atom is -0.466 e. The maximum absolute atomic E-state index is 9.98. The quantitative estimate of drug-likeness (QED) is 0.808. The number of aliphatic hydroxyl groups is 1. The molecule has 0 unspecified atom stereocenters. The molecule has 3 heteroatoms.